The number of carboxylic acid groups (broad SMARTS) is 1. The first-order chi connectivity index (χ1) is 7.70. The zero-order chi connectivity index (χ0) is 12.0. The van der Waals surface area contributed by atoms with Gasteiger partial charge in [-0.25, -0.2) is 4.79 Å². The SMILES string of the molecule is CCO/N=C(/C(=O)O)c1ccccc1CCl. The van der Waals surface area contributed by atoms with E-state index in [2.05, 4.69) is 5.16 Å². The molecule has 1 rings (SSSR count). The standard InChI is InChI=1S/C11H12ClNO3/c1-2-16-13-10(11(14)15)9-6-4-3-5-8(9)7-12/h3-6H,2,7H2,1H3,(H,14,15)/b13-10+. The van der Waals surface area contributed by atoms with Gasteiger partial charge in [0.2, 0.25) is 0 Å². The molecule has 0 heterocycles. The third-order valence-electron chi connectivity index (χ3n) is 1.90. The number of aliphatic carboxylic acids is 1. The number of alkyl halides is 1. The molecule has 0 aliphatic heterocycles. The molecular formula is C11H12ClNO3. The predicted molar refractivity (Wildman–Crippen MR) is 61.8 cm³/mol. The monoisotopic (exact) mass is 241 g/mol. The van der Waals surface area contributed by atoms with Crippen LogP contribution < -0.4 is 0 Å². The highest BCUT2D eigenvalue weighted by Gasteiger charge is 2.16. The Morgan fingerprint density at radius 3 is 2.75 bits per heavy atom. The summed E-state index contributed by atoms with van der Waals surface area (Å²) >= 11 is 5.73. The van der Waals surface area contributed by atoms with E-state index in [1.807, 2.05) is 0 Å². The maximum absolute atomic E-state index is 11.0. The summed E-state index contributed by atoms with van der Waals surface area (Å²) in [6, 6.07) is 6.94. The van der Waals surface area contributed by atoms with E-state index in [1.54, 1.807) is 31.2 Å². The molecular weight excluding hydrogens is 230 g/mol. The minimum atomic E-state index is -1.13. The second-order valence-corrected chi connectivity index (χ2v) is 3.22. The Balaban J connectivity index is 3.15. The van der Waals surface area contributed by atoms with Crippen molar-refractivity contribution in [2.45, 2.75) is 12.8 Å². The van der Waals surface area contributed by atoms with Crippen LogP contribution in [-0.2, 0) is 15.5 Å². The number of carboxylic acids is 1. The summed E-state index contributed by atoms with van der Waals surface area (Å²) in [5.74, 6) is -0.903. The van der Waals surface area contributed by atoms with Gasteiger partial charge < -0.3 is 9.94 Å². The Kier molecular flexibility index (Phi) is 4.79. The van der Waals surface area contributed by atoms with Crippen LogP contribution in [0.1, 0.15) is 18.1 Å². The third kappa shape index (κ3) is 2.97. The minimum absolute atomic E-state index is 0.127. The lowest BCUT2D eigenvalue weighted by Gasteiger charge is -2.06. The average Bonchev–Trinajstić information content (AvgIpc) is 2.29. The van der Waals surface area contributed by atoms with E-state index in [0.717, 1.165) is 0 Å². The van der Waals surface area contributed by atoms with Crippen LogP contribution in [0.4, 0.5) is 0 Å². The van der Waals surface area contributed by atoms with Crippen LogP contribution in [0.5, 0.6) is 0 Å². The summed E-state index contributed by atoms with van der Waals surface area (Å²) in [7, 11) is 0. The molecule has 0 fully saturated rings. The van der Waals surface area contributed by atoms with Gasteiger partial charge in [0.05, 0.1) is 0 Å². The molecule has 1 aromatic carbocycles. The number of rotatable bonds is 5. The van der Waals surface area contributed by atoms with E-state index in [-0.39, 0.29) is 11.6 Å². The van der Waals surface area contributed by atoms with Crippen LogP contribution in [-0.4, -0.2) is 23.4 Å². The fraction of sp³-hybridized carbons (Fsp3) is 0.273. The molecule has 16 heavy (non-hydrogen) atoms. The Hall–Kier alpha value is -1.55. The smallest absolute Gasteiger partial charge is 0.358 e. The van der Waals surface area contributed by atoms with Gasteiger partial charge in [-0.05, 0) is 12.5 Å². The summed E-state index contributed by atoms with van der Waals surface area (Å²) in [4.78, 5) is 15.8. The third-order valence-corrected chi connectivity index (χ3v) is 2.19. The predicted octanol–water partition coefficient (Wildman–Crippen LogP) is 2.25. The molecule has 0 aliphatic rings. The lowest BCUT2D eigenvalue weighted by Crippen LogP contribution is -2.16. The fourth-order valence-corrected chi connectivity index (χ4v) is 1.43. The lowest BCUT2D eigenvalue weighted by atomic mass is 10.0. The van der Waals surface area contributed by atoms with Crippen molar-refractivity contribution in [2.75, 3.05) is 6.61 Å². The zero-order valence-corrected chi connectivity index (χ0v) is 9.57. The summed E-state index contributed by atoms with van der Waals surface area (Å²) in [6.07, 6.45) is 0. The van der Waals surface area contributed by atoms with Gasteiger partial charge in [-0.15, -0.1) is 11.6 Å². The minimum Gasteiger partial charge on any atom is -0.476 e. The van der Waals surface area contributed by atoms with Gasteiger partial charge in [-0.3, -0.25) is 0 Å². The topological polar surface area (TPSA) is 58.9 Å². The highest BCUT2D eigenvalue weighted by Crippen LogP contribution is 2.13. The molecule has 0 unspecified atom stereocenters. The Morgan fingerprint density at radius 2 is 2.19 bits per heavy atom. The molecule has 0 radical (unpaired) electrons. The van der Waals surface area contributed by atoms with Gasteiger partial charge in [0.25, 0.3) is 0 Å². The fourth-order valence-electron chi connectivity index (χ4n) is 1.20. The van der Waals surface area contributed by atoms with E-state index < -0.39 is 5.97 Å². The van der Waals surface area contributed by atoms with Crippen molar-refractivity contribution >= 4 is 23.3 Å². The van der Waals surface area contributed by atoms with Gasteiger partial charge in [0.15, 0.2) is 5.71 Å². The molecule has 4 nitrogen and oxygen atoms in total. The second-order valence-electron chi connectivity index (χ2n) is 2.95. The summed E-state index contributed by atoms with van der Waals surface area (Å²) in [6.45, 7) is 2.05. The molecule has 0 amide bonds. The second kappa shape index (κ2) is 6.12. The van der Waals surface area contributed by atoms with Crippen molar-refractivity contribution in [3.8, 4) is 0 Å². The molecule has 0 saturated heterocycles. The molecule has 0 aliphatic carbocycles. The summed E-state index contributed by atoms with van der Waals surface area (Å²) in [5, 5.41) is 12.6. The Bertz CT molecular complexity index is 404. The first-order valence-electron chi connectivity index (χ1n) is 4.78. The van der Waals surface area contributed by atoms with Crippen LogP contribution in [0.2, 0.25) is 0 Å². The molecule has 86 valence electrons. The van der Waals surface area contributed by atoms with Gasteiger partial charge in [0, 0.05) is 11.4 Å². The number of halogens is 1. The van der Waals surface area contributed by atoms with E-state index in [0.29, 0.717) is 17.7 Å². The number of oxime groups is 1. The van der Waals surface area contributed by atoms with Crippen molar-refractivity contribution in [1.82, 2.24) is 0 Å². The number of nitrogens with zero attached hydrogens (tertiary/aromatic N) is 1. The van der Waals surface area contributed by atoms with Crippen LogP contribution >= 0.6 is 11.6 Å². The maximum atomic E-state index is 11.0. The summed E-state index contributed by atoms with van der Waals surface area (Å²) < 4.78 is 0. The number of benzene rings is 1. The van der Waals surface area contributed by atoms with Gasteiger partial charge in [-0.1, -0.05) is 29.4 Å². The van der Waals surface area contributed by atoms with Crippen LogP contribution in [0.3, 0.4) is 0 Å². The van der Waals surface area contributed by atoms with Crippen molar-refractivity contribution in [3.05, 3.63) is 35.4 Å². The van der Waals surface area contributed by atoms with Crippen molar-refractivity contribution < 1.29 is 14.7 Å². The van der Waals surface area contributed by atoms with Crippen LogP contribution in [0.25, 0.3) is 0 Å². The van der Waals surface area contributed by atoms with E-state index in [4.69, 9.17) is 21.5 Å². The maximum Gasteiger partial charge on any atom is 0.358 e. The van der Waals surface area contributed by atoms with E-state index in [1.165, 1.54) is 0 Å². The highest BCUT2D eigenvalue weighted by atomic mass is 35.5. The normalized spacial score (nSPS) is 11.2. The number of hydrogen-bond acceptors (Lipinski definition) is 3. The molecule has 1 N–H and O–H groups in total. The van der Waals surface area contributed by atoms with Crippen LogP contribution in [0, 0.1) is 0 Å². The Labute approximate surface area is 98.5 Å². The van der Waals surface area contributed by atoms with Crippen molar-refractivity contribution in [3.63, 3.8) is 0 Å². The van der Waals surface area contributed by atoms with Gasteiger partial charge >= 0.3 is 5.97 Å². The average molecular weight is 242 g/mol. The number of hydrogen-bond donors (Lipinski definition) is 1. The summed E-state index contributed by atoms with van der Waals surface area (Å²) in [5.41, 5.74) is 1.07. The molecule has 0 saturated carbocycles. The molecule has 1 aromatic rings. The van der Waals surface area contributed by atoms with Crippen molar-refractivity contribution in [1.29, 1.82) is 0 Å². The molecule has 0 bridgehead atoms. The quantitative estimate of drug-likeness (QED) is 0.489. The molecule has 0 spiro atoms. The molecule has 0 aromatic heterocycles. The lowest BCUT2D eigenvalue weighted by molar-refractivity contribution is -0.129. The first kappa shape index (κ1) is 12.5. The van der Waals surface area contributed by atoms with Gasteiger partial charge in [0.1, 0.15) is 6.61 Å². The van der Waals surface area contributed by atoms with E-state index >= 15 is 0 Å². The largest absolute Gasteiger partial charge is 0.476 e. The zero-order valence-electron chi connectivity index (χ0n) is 8.81. The van der Waals surface area contributed by atoms with Crippen LogP contribution in [0.15, 0.2) is 29.4 Å². The van der Waals surface area contributed by atoms with Crippen molar-refractivity contribution in [2.24, 2.45) is 5.16 Å². The highest BCUT2D eigenvalue weighted by molar-refractivity contribution is 6.43. The van der Waals surface area contributed by atoms with Gasteiger partial charge in [-0.2, -0.15) is 0 Å². The first-order valence-corrected chi connectivity index (χ1v) is 5.31. The Morgan fingerprint density at radius 1 is 1.50 bits per heavy atom. The molecule has 5 heteroatoms. The molecule has 0 atom stereocenters. The number of carbonyl (C=O) groups is 1. The van der Waals surface area contributed by atoms with E-state index in [9.17, 15) is 4.79 Å².